The first-order chi connectivity index (χ1) is 12.6. The molecule has 0 aliphatic heterocycles. The Kier molecular flexibility index (Phi) is 5.78. The fourth-order valence-corrected chi connectivity index (χ4v) is 3.06. The molecule has 6 heteroatoms. The number of carbonyl (C=O) groups is 2. The van der Waals surface area contributed by atoms with Crippen molar-refractivity contribution >= 4 is 29.1 Å². The lowest BCUT2D eigenvalue weighted by Crippen LogP contribution is -2.29. The van der Waals surface area contributed by atoms with Gasteiger partial charge in [-0.2, -0.15) is 0 Å². The molecule has 5 nitrogen and oxygen atoms in total. The number of benzene rings is 2. The smallest absolute Gasteiger partial charge is 0.228 e. The lowest BCUT2D eigenvalue weighted by Gasteiger charge is -2.07. The van der Waals surface area contributed by atoms with Crippen LogP contribution in [0.25, 0.3) is 0 Å². The molecule has 2 unspecified atom stereocenters. The topological polar surface area (TPSA) is 67.4 Å². The first-order valence-corrected chi connectivity index (χ1v) is 8.91. The van der Waals surface area contributed by atoms with Crippen molar-refractivity contribution in [1.29, 1.82) is 0 Å². The minimum atomic E-state index is -0.272. The van der Waals surface area contributed by atoms with E-state index >= 15 is 0 Å². The van der Waals surface area contributed by atoms with Crippen LogP contribution in [0.3, 0.4) is 0 Å². The van der Waals surface area contributed by atoms with Crippen molar-refractivity contribution in [2.24, 2.45) is 11.8 Å². The Morgan fingerprint density at radius 3 is 2.65 bits per heavy atom. The number of ether oxygens (including phenoxy) is 1. The number of hydrogen-bond donors (Lipinski definition) is 2. The Labute approximate surface area is 157 Å². The summed E-state index contributed by atoms with van der Waals surface area (Å²) in [5, 5.41) is 6.27. The zero-order valence-electron chi connectivity index (χ0n) is 14.5. The van der Waals surface area contributed by atoms with Crippen molar-refractivity contribution in [3.8, 4) is 5.75 Å². The second-order valence-electron chi connectivity index (χ2n) is 6.34. The summed E-state index contributed by atoms with van der Waals surface area (Å²) in [5.74, 6) is 0.0680. The molecule has 2 aromatic rings. The molecule has 3 rings (SSSR count). The Hall–Kier alpha value is -2.53. The van der Waals surface area contributed by atoms with Gasteiger partial charge < -0.3 is 15.4 Å². The highest BCUT2D eigenvalue weighted by Crippen LogP contribution is 2.39. The monoisotopic (exact) mass is 372 g/mol. The van der Waals surface area contributed by atoms with Gasteiger partial charge in [0.2, 0.25) is 11.8 Å². The van der Waals surface area contributed by atoms with Crippen molar-refractivity contribution in [2.75, 3.05) is 19.0 Å². The van der Waals surface area contributed by atoms with Crippen LogP contribution >= 0.6 is 11.6 Å². The third-order valence-corrected chi connectivity index (χ3v) is 4.64. The van der Waals surface area contributed by atoms with Crippen molar-refractivity contribution in [3.63, 3.8) is 0 Å². The Balaban J connectivity index is 1.43. The molecule has 0 bridgehead atoms. The minimum absolute atomic E-state index is 0.0702. The molecule has 2 aromatic carbocycles. The van der Waals surface area contributed by atoms with Crippen molar-refractivity contribution in [2.45, 2.75) is 12.8 Å². The van der Waals surface area contributed by atoms with E-state index < -0.39 is 0 Å². The molecule has 0 heterocycles. The SMILES string of the molecule is COc1cccc(CCNC(=O)C2CC2C(=O)Nc2cccc(Cl)c2)c1. The zero-order valence-corrected chi connectivity index (χ0v) is 15.3. The maximum Gasteiger partial charge on any atom is 0.228 e. The molecule has 2 amide bonds. The standard InChI is InChI=1S/C20H21ClN2O3/c1-26-16-7-2-4-13(10-16)8-9-22-19(24)17-12-18(17)20(25)23-15-6-3-5-14(21)11-15/h2-7,10-11,17-18H,8-9,12H2,1H3,(H,22,24)(H,23,25). The summed E-state index contributed by atoms with van der Waals surface area (Å²) in [6.45, 7) is 0.533. The molecule has 0 saturated heterocycles. The van der Waals surface area contributed by atoms with E-state index in [9.17, 15) is 9.59 Å². The fourth-order valence-electron chi connectivity index (χ4n) is 2.86. The maximum absolute atomic E-state index is 12.2. The van der Waals surface area contributed by atoms with Crippen LogP contribution in [0.1, 0.15) is 12.0 Å². The van der Waals surface area contributed by atoms with Gasteiger partial charge in [0.05, 0.1) is 18.9 Å². The summed E-state index contributed by atoms with van der Waals surface area (Å²) >= 11 is 5.91. The zero-order chi connectivity index (χ0) is 18.5. The highest BCUT2D eigenvalue weighted by atomic mass is 35.5. The number of hydrogen-bond acceptors (Lipinski definition) is 3. The van der Waals surface area contributed by atoms with Gasteiger partial charge in [0.25, 0.3) is 0 Å². The fraction of sp³-hybridized carbons (Fsp3) is 0.300. The van der Waals surface area contributed by atoms with E-state index in [-0.39, 0.29) is 23.7 Å². The molecular formula is C20H21ClN2O3. The molecule has 0 aromatic heterocycles. The number of nitrogens with one attached hydrogen (secondary N) is 2. The largest absolute Gasteiger partial charge is 0.497 e. The molecule has 1 aliphatic carbocycles. The van der Waals surface area contributed by atoms with Gasteiger partial charge in [0.15, 0.2) is 0 Å². The molecule has 2 atom stereocenters. The highest BCUT2D eigenvalue weighted by Gasteiger charge is 2.47. The van der Waals surface area contributed by atoms with Crippen LogP contribution in [0.15, 0.2) is 48.5 Å². The van der Waals surface area contributed by atoms with E-state index in [1.807, 2.05) is 24.3 Å². The second-order valence-corrected chi connectivity index (χ2v) is 6.78. The lowest BCUT2D eigenvalue weighted by molar-refractivity contribution is -0.125. The molecule has 1 fully saturated rings. The molecule has 0 spiro atoms. The third kappa shape index (κ3) is 4.76. The van der Waals surface area contributed by atoms with Gasteiger partial charge in [-0.1, -0.05) is 29.8 Å². The van der Waals surface area contributed by atoms with Crippen LogP contribution in [-0.2, 0) is 16.0 Å². The number of halogens is 1. The summed E-state index contributed by atoms with van der Waals surface area (Å²) in [6.07, 6.45) is 1.30. The maximum atomic E-state index is 12.2. The van der Waals surface area contributed by atoms with Crippen LogP contribution in [0.4, 0.5) is 5.69 Å². The van der Waals surface area contributed by atoms with Crippen molar-refractivity contribution < 1.29 is 14.3 Å². The molecule has 26 heavy (non-hydrogen) atoms. The highest BCUT2D eigenvalue weighted by molar-refractivity contribution is 6.30. The quantitative estimate of drug-likeness (QED) is 0.783. The summed E-state index contributed by atoms with van der Waals surface area (Å²) in [6, 6.07) is 14.7. The summed E-state index contributed by atoms with van der Waals surface area (Å²) in [4.78, 5) is 24.4. The average Bonchev–Trinajstić information content (AvgIpc) is 3.43. The van der Waals surface area contributed by atoms with E-state index in [2.05, 4.69) is 10.6 Å². The molecule has 0 radical (unpaired) electrons. The van der Waals surface area contributed by atoms with Gasteiger partial charge in [-0.3, -0.25) is 9.59 Å². The first kappa shape index (κ1) is 18.3. The van der Waals surface area contributed by atoms with Crippen molar-refractivity contribution in [1.82, 2.24) is 5.32 Å². The normalized spacial score (nSPS) is 18.1. The van der Waals surface area contributed by atoms with Crippen LogP contribution in [-0.4, -0.2) is 25.5 Å². The molecule has 2 N–H and O–H groups in total. The van der Waals surface area contributed by atoms with Gasteiger partial charge in [0, 0.05) is 17.3 Å². The van der Waals surface area contributed by atoms with Crippen LogP contribution in [0.5, 0.6) is 5.75 Å². The molecular weight excluding hydrogens is 352 g/mol. The van der Waals surface area contributed by atoms with Gasteiger partial charge in [-0.05, 0) is 48.7 Å². The Morgan fingerprint density at radius 2 is 1.88 bits per heavy atom. The predicted molar refractivity (Wildman–Crippen MR) is 101 cm³/mol. The van der Waals surface area contributed by atoms with Gasteiger partial charge in [-0.15, -0.1) is 0 Å². The molecule has 136 valence electrons. The average molecular weight is 373 g/mol. The summed E-state index contributed by atoms with van der Waals surface area (Å²) < 4.78 is 5.19. The number of methoxy groups -OCH3 is 1. The van der Waals surface area contributed by atoms with Gasteiger partial charge in [-0.25, -0.2) is 0 Å². The van der Waals surface area contributed by atoms with E-state index in [0.29, 0.717) is 23.7 Å². The predicted octanol–water partition coefficient (Wildman–Crippen LogP) is 3.28. The van der Waals surface area contributed by atoms with E-state index in [1.165, 1.54) is 0 Å². The minimum Gasteiger partial charge on any atom is -0.497 e. The Bertz CT molecular complexity index is 809. The second kappa shape index (κ2) is 8.23. The lowest BCUT2D eigenvalue weighted by atomic mass is 10.1. The summed E-state index contributed by atoms with van der Waals surface area (Å²) in [7, 11) is 1.63. The van der Waals surface area contributed by atoms with E-state index in [1.54, 1.807) is 31.4 Å². The van der Waals surface area contributed by atoms with Gasteiger partial charge >= 0.3 is 0 Å². The Morgan fingerprint density at radius 1 is 1.12 bits per heavy atom. The third-order valence-electron chi connectivity index (χ3n) is 4.40. The molecule has 1 aliphatic rings. The number of amides is 2. The van der Waals surface area contributed by atoms with Crippen molar-refractivity contribution in [3.05, 3.63) is 59.1 Å². The number of rotatable bonds is 7. The number of anilines is 1. The van der Waals surface area contributed by atoms with Crippen LogP contribution < -0.4 is 15.4 Å². The van der Waals surface area contributed by atoms with E-state index in [0.717, 1.165) is 17.7 Å². The van der Waals surface area contributed by atoms with Crippen LogP contribution in [0.2, 0.25) is 5.02 Å². The van der Waals surface area contributed by atoms with Gasteiger partial charge in [0.1, 0.15) is 5.75 Å². The number of carbonyl (C=O) groups excluding carboxylic acids is 2. The first-order valence-electron chi connectivity index (χ1n) is 8.54. The van der Waals surface area contributed by atoms with E-state index in [4.69, 9.17) is 16.3 Å². The van der Waals surface area contributed by atoms with Crippen LogP contribution in [0, 0.1) is 11.8 Å². The summed E-state index contributed by atoms with van der Waals surface area (Å²) in [5.41, 5.74) is 1.74. The molecule has 1 saturated carbocycles.